The van der Waals surface area contributed by atoms with E-state index in [-0.39, 0.29) is 11.1 Å². The predicted octanol–water partition coefficient (Wildman–Crippen LogP) is 7.93. The third-order valence-electron chi connectivity index (χ3n) is 5.68. The minimum absolute atomic E-state index is 0.331. The van der Waals surface area contributed by atoms with Crippen molar-refractivity contribution in [2.24, 2.45) is 0 Å². The van der Waals surface area contributed by atoms with Crippen LogP contribution < -0.4 is 14.4 Å². The number of anilines is 1. The van der Waals surface area contributed by atoms with Crippen LogP contribution in [-0.2, 0) is 11.4 Å². The lowest BCUT2D eigenvalue weighted by atomic mass is 10.1. The molecule has 1 aliphatic heterocycles. The van der Waals surface area contributed by atoms with Crippen LogP contribution in [0, 0.1) is 3.57 Å². The highest BCUT2D eigenvalue weighted by molar-refractivity contribution is 14.1. The second-order valence-electron chi connectivity index (χ2n) is 7.95. The zero-order valence-electron chi connectivity index (χ0n) is 19.0. The Morgan fingerprint density at radius 3 is 2.53 bits per heavy atom. The first kappa shape index (κ1) is 24.7. The molecule has 0 unspecified atom stereocenters. The number of rotatable bonds is 6. The number of nitrogens with zero attached hydrogens (tertiary/aromatic N) is 1. The molecule has 0 bridgehead atoms. The highest BCUT2D eigenvalue weighted by Gasteiger charge is 2.36. The predicted molar refractivity (Wildman–Crippen MR) is 154 cm³/mol. The van der Waals surface area contributed by atoms with E-state index >= 15 is 0 Å². The summed E-state index contributed by atoms with van der Waals surface area (Å²) in [5, 5.41) is 2.47. The molecule has 1 fully saturated rings. The SMILES string of the molecule is COc1cc(/C=C2/SC(=O)N(c3ccc(Cl)cc3)C2=O)cc(I)c1OCc1cccc2ccccc12. The third-order valence-corrected chi connectivity index (χ3v) is 7.60. The van der Waals surface area contributed by atoms with Crippen molar-refractivity contribution in [2.75, 3.05) is 12.0 Å². The molecule has 8 heteroatoms. The average Bonchev–Trinajstić information content (AvgIpc) is 3.16. The molecule has 1 aliphatic rings. The van der Waals surface area contributed by atoms with Crippen LogP contribution in [0.3, 0.4) is 0 Å². The van der Waals surface area contributed by atoms with Gasteiger partial charge in [0.05, 0.1) is 21.3 Å². The molecule has 4 aromatic carbocycles. The van der Waals surface area contributed by atoms with E-state index in [1.807, 2.05) is 30.3 Å². The summed E-state index contributed by atoms with van der Waals surface area (Å²) in [6.07, 6.45) is 1.69. The van der Waals surface area contributed by atoms with Crippen molar-refractivity contribution in [1.29, 1.82) is 0 Å². The van der Waals surface area contributed by atoms with Gasteiger partial charge < -0.3 is 9.47 Å². The molecule has 0 radical (unpaired) electrons. The van der Waals surface area contributed by atoms with Crippen molar-refractivity contribution in [3.05, 3.63) is 103 Å². The maximum atomic E-state index is 13.0. The summed E-state index contributed by atoms with van der Waals surface area (Å²) in [5.41, 5.74) is 2.29. The Morgan fingerprint density at radius 2 is 1.75 bits per heavy atom. The number of fused-ring (bicyclic) bond motifs is 1. The molecule has 36 heavy (non-hydrogen) atoms. The van der Waals surface area contributed by atoms with Crippen LogP contribution >= 0.6 is 46.0 Å². The van der Waals surface area contributed by atoms with Gasteiger partial charge in [0.15, 0.2) is 11.5 Å². The zero-order chi connectivity index (χ0) is 25.2. The first-order chi connectivity index (χ1) is 17.4. The Balaban J connectivity index is 1.40. The van der Waals surface area contributed by atoms with Gasteiger partial charge in [0.1, 0.15) is 6.61 Å². The van der Waals surface area contributed by atoms with Crippen LogP contribution in [0.1, 0.15) is 11.1 Å². The summed E-state index contributed by atoms with van der Waals surface area (Å²) in [7, 11) is 1.58. The van der Waals surface area contributed by atoms with Gasteiger partial charge in [-0.05, 0) is 98.7 Å². The number of imide groups is 1. The van der Waals surface area contributed by atoms with Crippen LogP contribution in [0.4, 0.5) is 10.5 Å². The molecule has 4 aromatic rings. The summed E-state index contributed by atoms with van der Waals surface area (Å²) in [6.45, 7) is 0.382. The van der Waals surface area contributed by atoms with Gasteiger partial charge in [0.25, 0.3) is 11.1 Å². The van der Waals surface area contributed by atoms with E-state index < -0.39 is 0 Å². The van der Waals surface area contributed by atoms with Gasteiger partial charge in [0.2, 0.25) is 0 Å². The lowest BCUT2D eigenvalue weighted by molar-refractivity contribution is -0.113. The Labute approximate surface area is 231 Å². The van der Waals surface area contributed by atoms with E-state index in [9.17, 15) is 9.59 Å². The summed E-state index contributed by atoms with van der Waals surface area (Å²) >= 11 is 9.03. The smallest absolute Gasteiger partial charge is 0.298 e. The quantitative estimate of drug-likeness (QED) is 0.161. The van der Waals surface area contributed by atoms with Crippen LogP contribution in [-0.4, -0.2) is 18.3 Å². The van der Waals surface area contributed by atoms with Gasteiger partial charge in [0, 0.05) is 5.02 Å². The largest absolute Gasteiger partial charge is 0.493 e. The second kappa shape index (κ2) is 10.5. The van der Waals surface area contributed by atoms with E-state index in [4.69, 9.17) is 21.1 Å². The fraction of sp³-hybridized carbons (Fsp3) is 0.0714. The number of carbonyl (C=O) groups excluding carboxylic acids is 2. The maximum absolute atomic E-state index is 13.0. The molecule has 0 spiro atoms. The summed E-state index contributed by atoms with van der Waals surface area (Å²) in [4.78, 5) is 27.1. The van der Waals surface area contributed by atoms with Gasteiger partial charge in [-0.1, -0.05) is 54.1 Å². The molecular formula is C28H19ClINO4S. The lowest BCUT2D eigenvalue weighted by Crippen LogP contribution is -2.27. The highest BCUT2D eigenvalue weighted by atomic mass is 127. The van der Waals surface area contributed by atoms with E-state index in [2.05, 4.69) is 40.8 Å². The van der Waals surface area contributed by atoms with Gasteiger partial charge in [-0.3, -0.25) is 9.59 Å². The van der Waals surface area contributed by atoms with Crippen LogP contribution in [0.15, 0.2) is 83.8 Å². The van der Waals surface area contributed by atoms with Crippen molar-refractivity contribution in [1.82, 2.24) is 0 Å². The van der Waals surface area contributed by atoms with Crippen LogP contribution in [0.25, 0.3) is 16.8 Å². The van der Waals surface area contributed by atoms with Gasteiger partial charge in [-0.15, -0.1) is 0 Å². The summed E-state index contributed by atoms with van der Waals surface area (Å²) in [5.74, 6) is 0.792. The third kappa shape index (κ3) is 4.96. The Bertz CT molecular complexity index is 1520. The monoisotopic (exact) mass is 627 g/mol. The van der Waals surface area contributed by atoms with Crippen LogP contribution in [0.2, 0.25) is 5.02 Å². The molecule has 5 nitrogen and oxygen atoms in total. The summed E-state index contributed by atoms with van der Waals surface area (Å²) in [6, 6.07) is 24.6. The van der Waals surface area contributed by atoms with Gasteiger partial charge in [-0.2, -0.15) is 0 Å². The van der Waals surface area contributed by atoms with E-state index in [1.54, 1.807) is 43.5 Å². The lowest BCUT2D eigenvalue weighted by Gasteiger charge is -2.15. The fourth-order valence-corrected chi connectivity index (χ4v) is 5.71. The standard InChI is InChI=1S/C28H19ClINO4S/c1-34-24-14-17(15-25-27(32)31(28(33)36-25)21-11-9-20(29)10-12-21)13-23(30)26(24)35-16-19-7-4-6-18-5-2-3-8-22(18)19/h2-15H,16H2,1H3/b25-15+. The van der Waals surface area contributed by atoms with Gasteiger partial charge >= 0.3 is 0 Å². The maximum Gasteiger partial charge on any atom is 0.298 e. The number of ether oxygens (including phenoxy) is 2. The molecular weight excluding hydrogens is 609 g/mol. The number of methoxy groups -OCH3 is 1. The zero-order valence-corrected chi connectivity index (χ0v) is 22.8. The molecule has 0 atom stereocenters. The number of hydrogen-bond donors (Lipinski definition) is 0. The molecule has 5 rings (SSSR count). The molecule has 1 saturated heterocycles. The topological polar surface area (TPSA) is 55.8 Å². The van der Waals surface area contributed by atoms with Crippen molar-refractivity contribution in [3.63, 3.8) is 0 Å². The molecule has 2 amide bonds. The van der Waals surface area contributed by atoms with Crippen molar-refractivity contribution < 1.29 is 19.1 Å². The van der Waals surface area contributed by atoms with Crippen molar-refractivity contribution in [2.45, 2.75) is 6.61 Å². The molecule has 1 heterocycles. The summed E-state index contributed by atoms with van der Waals surface area (Å²) < 4.78 is 12.6. The molecule has 0 aromatic heterocycles. The van der Waals surface area contributed by atoms with Crippen molar-refractivity contribution in [3.8, 4) is 11.5 Å². The first-order valence-corrected chi connectivity index (χ1v) is 13.2. The molecule has 0 aliphatic carbocycles. The Morgan fingerprint density at radius 1 is 1.00 bits per heavy atom. The Kier molecular flexibility index (Phi) is 7.22. The van der Waals surface area contributed by atoms with Crippen LogP contribution in [0.5, 0.6) is 11.5 Å². The van der Waals surface area contributed by atoms with Crippen molar-refractivity contribution >= 4 is 79.6 Å². The number of thioether (sulfide) groups is 1. The van der Waals surface area contributed by atoms with Gasteiger partial charge in [-0.25, -0.2) is 4.90 Å². The molecule has 180 valence electrons. The fourth-order valence-electron chi connectivity index (χ4n) is 3.96. The molecule has 0 N–H and O–H groups in total. The number of benzene rings is 4. The van der Waals surface area contributed by atoms with E-state index in [0.29, 0.717) is 33.7 Å². The average molecular weight is 628 g/mol. The number of hydrogen-bond acceptors (Lipinski definition) is 5. The number of amides is 2. The minimum Gasteiger partial charge on any atom is -0.493 e. The van der Waals surface area contributed by atoms with E-state index in [1.165, 1.54) is 0 Å². The second-order valence-corrected chi connectivity index (χ2v) is 10.5. The normalized spacial score (nSPS) is 14.6. The molecule has 0 saturated carbocycles. The highest BCUT2D eigenvalue weighted by Crippen LogP contribution is 2.39. The first-order valence-electron chi connectivity index (χ1n) is 10.9. The Hall–Kier alpha value is -3.01. The van der Waals surface area contributed by atoms with E-state index in [0.717, 1.165) is 42.1 Å². The number of halogens is 2. The number of carbonyl (C=O) groups is 2. The minimum atomic E-state index is -0.377.